The molecule has 2 heterocycles. The molecule has 6 heteroatoms. The van der Waals surface area contributed by atoms with E-state index < -0.39 is 11.4 Å². The Labute approximate surface area is 120 Å². The van der Waals surface area contributed by atoms with E-state index in [1.807, 2.05) is 0 Å². The van der Waals surface area contributed by atoms with Crippen LogP contribution in [0, 0.1) is 12.3 Å². The number of amides is 2. The van der Waals surface area contributed by atoms with Gasteiger partial charge in [0.1, 0.15) is 4.88 Å². The number of carboxylic acids is 1. The van der Waals surface area contributed by atoms with Gasteiger partial charge < -0.3 is 5.11 Å². The molecule has 20 heavy (non-hydrogen) atoms. The van der Waals surface area contributed by atoms with Gasteiger partial charge >= 0.3 is 5.97 Å². The van der Waals surface area contributed by atoms with Crippen LogP contribution in [-0.4, -0.2) is 22.9 Å². The van der Waals surface area contributed by atoms with Gasteiger partial charge in [-0.1, -0.05) is 12.8 Å². The second-order valence-electron chi connectivity index (χ2n) is 5.60. The summed E-state index contributed by atoms with van der Waals surface area (Å²) < 4.78 is 0. The van der Waals surface area contributed by atoms with E-state index in [9.17, 15) is 19.5 Å². The Morgan fingerprint density at radius 3 is 2.60 bits per heavy atom. The third kappa shape index (κ3) is 1.71. The highest BCUT2D eigenvalue weighted by Gasteiger charge is 2.54. The van der Waals surface area contributed by atoms with Gasteiger partial charge in [0.25, 0.3) is 0 Å². The van der Waals surface area contributed by atoms with Crippen molar-refractivity contribution in [1.82, 2.24) is 0 Å². The number of aromatic carboxylic acids is 1. The maximum Gasteiger partial charge on any atom is 0.348 e. The van der Waals surface area contributed by atoms with Crippen molar-refractivity contribution in [2.75, 3.05) is 4.90 Å². The molecule has 1 aliphatic heterocycles. The SMILES string of the molecule is Cc1csc(C(=O)O)c1N1C(=O)CC2(CCCC2)C1=O. The molecular weight excluding hydrogens is 278 g/mol. The minimum absolute atomic E-state index is 0.0687. The minimum atomic E-state index is -1.09. The lowest BCUT2D eigenvalue weighted by atomic mass is 9.84. The van der Waals surface area contributed by atoms with Crippen molar-refractivity contribution in [3.63, 3.8) is 0 Å². The molecule has 0 unspecified atom stereocenters. The quantitative estimate of drug-likeness (QED) is 0.850. The molecule has 3 rings (SSSR count). The number of rotatable bonds is 2. The summed E-state index contributed by atoms with van der Waals surface area (Å²) in [6.45, 7) is 1.73. The van der Waals surface area contributed by atoms with E-state index in [1.54, 1.807) is 12.3 Å². The van der Waals surface area contributed by atoms with Crippen LogP contribution >= 0.6 is 11.3 Å². The number of carbonyl (C=O) groups is 3. The molecule has 1 aromatic heterocycles. The van der Waals surface area contributed by atoms with Crippen LogP contribution in [0.4, 0.5) is 5.69 Å². The lowest BCUT2D eigenvalue weighted by Gasteiger charge is -2.21. The van der Waals surface area contributed by atoms with E-state index in [2.05, 4.69) is 0 Å². The molecule has 0 bridgehead atoms. The van der Waals surface area contributed by atoms with Gasteiger partial charge in [0.15, 0.2) is 0 Å². The first-order valence-corrected chi connectivity index (χ1v) is 7.53. The maximum atomic E-state index is 12.7. The van der Waals surface area contributed by atoms with E-state index >= 15 is 0 Å². The zero-order chi connectivity index (χ0) is 14.5. The molecule has 1 saturated heterocycles. The molecule has 0 radical (unpaired) electrons. The highest BCUT2D eigenvalue weighted by atomic mass is 32.1. The third-order valence-electron chi connectivity index (χ3n) is 4.32. The first kappa shape index (κ1) is 13.3. The van der Waals surface area contributed by atoms with Crippen molar-refractivity contribution in [3.8, 4) is 0 Å². The van der Waals surface area contributed by atoms with Crippen LogP contribution in [-0.2, 0) is 9.59 Å². The number of carboxylic acid groups (broad SMARTS) is 1. The highest BCUT2D eigenvalue weighted by molar-refractivity contribution is 7.12. The third-order valence-corrected chi connectivity index (χ3v) is 5.39. The van der Waals surface area contributed by atoms with E-state index in [1.165, 1.54) is 0 Å². The van der Waals surface area contributed by atoms with Crippen molar-refractivity contribution in [2.45, 2.75) is 39.0 Å². The van der Waals surface area contributed by atoms with Crippen LogP contribution in [0.15, 0.2) is 5.38 Å². The molecule has 0 atom stereocenters. The van der Waals surface area contributed by atoms with Crippen LogP contribution in [0.25, 0.3) is 0 Å². The zero-order valence-electron chi connectivity index (χ0n) is 11.1. The Bertz CT molecular complexity index is 613. The molecule has 0 aromatic carbocycles. The van der Waals surface area contributed by atoms with Crippen LogP contribution in [0.3, 0.4) is 0 Å². The van der Waals surface area contributed by atoms with Crippen molar-refractivity contribution in [3.05, 3.63) is 15.8 Å². The van der Waals surface area contributed by atoms with Gasteiger partial charge in [0.05, 0.1) is 11.1 Å². The molecular formula is C14H15NO4S. The molecule has 2 amide bonds. The fourth-order valence-corrected chi connectivity index (χ4v) is 4.20. The van der Waals surface area contributed by atoms with Gasteiger partial charge in [-0.05, 0) is 30.7 Å². The summed E-state index contributed by atoms with van der Waals surface area (Å²) in [5, 5.41) is 10.9. The number of carbonyl (C=O) groups excluding carboxylic acids is 2. The first-order valence-electron chi connectivity index (χ1n) is 6.65. The number of thiophene rings is 1. The average molecular weight is 293 g/mol. The first-order chi connectivity index (χ1) is 9.46. The van der Waals surface area contributed by atoms with Gasteiger partial charge in [0.2, 0.25) is 11.8 Å². The standard InChI is InChI=1S/C14H15NO4S/c1-8-7-20-11(12(17)18)10(8)15-9(16)6-14(13(15)19)4-2-3-5-14/h7H,2-6H2,1H3,(H,17,18). The fraction of sp³-hybridized carbons (Fsp3) is 0.500. The maximum absolute atomic E-state index is 12.7. The second-order valence-corrected chi connectivity index (χ2v) is 6.48. The number of anilines is 1. The van der Waals surface area contributed by atoms with E-state index in [0.29, 0.717) is 5.56 Å². The molecule has 1 saturated carbocycles. The number of nitrogens with zero attached hydrogens (tertiary/aromatic N) is 1. The van der Waals surface area contributed by atoms with Crippen LogP contribution in [0.5, 0.6) is 0 Å². The van der Waals surface area contributed by atoms with Crippen molar-refractivity contribution in [1.29, 1.82) is 0 Å². The monoisotopic (exact) mass is 293 g/mol. The second kappa shape index (κ2) is 4.41. The Balaban J connectivity index is 2.07. The number of hydrogen-bond donors (Lipinski definition) is 1. The number of hydrogen-bond acceptors (Lipinski definition) is 4. The molecule has 1 spiro atoms. The van der Waals surface area contributed by atoms with E-state index in [4.69, 9.17) is 0 Å². The van der Waals surface area contributed by atoms with Gasteiger partial charge in [-0.15, -0.1) is 11.3 Å². The zero-order valence-corrected chi connectivity index (χ0v) is 12.0. The van der Waals surface area contributed by atoms with E-state index in [0.717, 1.165) is 41.9 Å². The predicted molar refractivity (Wildman–Crippen MR) is 74.0 cm³/mol. The summed E-state index contributed by atoms with van der Waals surface area (Å²) >= 11 is 1.06. The minimum Gasteiger partial charge on any atom is -0.477 e. The summed E-state index contributed by atoms with van der Waals surface area (Å²) in [5.74, 6) is -1.56. The predicted octanol–water partition coefficient (Wildman–Crippen LogP) is 2.58. The topological polar surface area (TPSA) is 74.7 Å². The number of imide groups is 1. The van der Waals surface area contributed by atoms with Crippen LogP contribution in [0.1, 0.15) is 47.3 Å². The van der Waals surface area contributed by atoms with Gasteiger partial charge in [-0.2, -0.15) is 0 Å². The Morgan fingerprint density at radius 1 is 1.35 bits per heavy atom. The molecule has 2 fully saturated rings. The Hall–Kier alpha value is -1.69. The van der Waals surface area contributed by atoms with Crippen LogP contribution in [0.2, 0.25) is 0 Å². The van der Waals surface area contributed by atoms with Gasteiger partial charge in [-0.25, -0.2) is 9.69 Å². The van der Waals surface area contributed by atoms with Crippen molar-refractivity contribution in [2.24, 2.45) is 5.41 Å². The summed E-state index contributed by atoms with van der Waals surface area (Å²) in [6.07, 6.45) is 3.61. The highest BCUT2D eigenvalue weighted by Crippen LogP contribution is 2.49. The van der Waals surface area contributed by atoms with Crippen molar-refractivity contribution < 1.29 is 19.5 Å². The molecule has 1 aromatic rings. The summed E-state index contributed by atoms with van der Waals surface area (Å²) in [5.41, 5.74) is 0.381. The molecule has 1 N–H and O–H groups in total. The molecule has 2 aliphatic rings. The van der Waals surface area contributed by atoms with Crippen molar-refractivity contribution >= 4 is 34.8 Å². The molecule has 5 nitrogen and oxygen atoms in total. The summed E-state index contributed by atoms with van der Waals surface area (Å²) in [4.78, 5) is 37.4. The average Bonchev–Trinajstić information content (AvgIpc) is 3.03. The number of aryl methyl sites for hydroxylation is 1. The lowest BCUT2D eigenvalue weighted by Crippen LogP contribution is -2.35. The molecule has 106 valence electrons. The largest absolute Gasteiger partial charge is 0.477 e. The summed E-state index contributed by atoms with van der Waals surface area (Å²) in [7, 11) is 0. The smallest absolute Gasteiger partial charge is 0.348 e. The fourth-order valence-electron chi connectivity index (χ4n) is 3.33. The Morgan fingerprint density at radius 2 is 2.00 bits per heavy atom. The van der Waals surface area contributed by atoms with Gasteiger partial charge in [-0.3, -0.25) is 9.59 Å². The molecule has 1 aliphatic carbocycles. The van der Waals surface area contributed by atoms with Crippen LogP contribution < -0.4 is 4.90 Å². The van der Waals surface area contributed by atoms with E-state index in [-0.39, 0.29) is 28.8 Å². The Kier molecular flexibility index (Phi) is 2.93. The summed E-state index contributed by atoms with van der Waals surface area (Å²) in [6, 6.07) is 0. The van der Waals surface area contributed by atoms with Gasteiger partial charge in [0, 0.05) is 6.42 Å². The normalized spacial score (nSPS) is 21.1. The lowest BCUT2D eigenvalue weighted by molar-refractivity contribution is -0.125.